The lowest BCUT2D eigenvalue weighted by atomic mass is 10.0. The van der Waals surface area contributed by atoms with Gasteiger partial charge in [-0.3, -0.25) is 14.4 Å². The largest absolute Gasteiger partial charge is 0.491 e. The van der Waals surface area contributed by atoms with E-state index in [0.717, 1.165) is 6.42 Å². The Morgan fingerprint density at radius 3 is 2.56 bits per heavy atom. The maximum Gasteiger partial charge on any atom is 0.257 e. The van der Waals surface area contributed by atoms with Crippen LogP contribution < -0.4 is 10.1 Å². The number of fused-ring (bicyclic) bond motifs is 1. The fourth-order valence-corrected chi connectivity index (χ4v) is 3.85. The van der Waals surface area contributed by atoms with E-state index in [-0.39, 0.29) is 42.4 Å². The fraction of sp³-hybridized carbons (Fsp3) is 0.625. The Balaban J connectivity index is 2.42. The van der Waals surface area contributed by atoms with Crippen molar-refractivity contribution in [2.24, 2.45) is 5.92 Å². The number of hydrogen-bond acceptors (Lipinski definition) is 5. The van der Waals surface area contributed by atoms with E-state index < -0.39 is 0 Å². The van der Waals surface area contributed by atoms with Gasteiger partial charge >= 0.3 is 0 Å². The number of likely N-dealkylation sites (N-methyl/N-ethyl adjacent to an activating group) is 1. The predicted octanol–water partition coefficient (Wildman–Crippen LogP) is 3.17. The van der Waals surface area contributed by atoms with Crippen LogP contribution in [0.2, 0.25) is 0 Å². The Bertz CT molecular complexity index is 813. The molecule has 3 atom stereocenters. The molecule has 2 rings (SSSR count). The number of anilines is 1. The molecule has 1 aromatic carbocycles. The molecule has 1 heterocycles. The molecule has 0 spiro atoms. The molecule has 1 aliphatic rings. The SMILES string of the molecule is CCCC(=O)Nc1ccc2c(c1)OC[C@H](C)N(C(=O)CC)C[C@@H](C)[C@H](OC)CN(C)C2=O. The Hall–Kier alpha value is -2.61. The van der Waals surface area contributed by atoms with E-state index in [1.807, 2.05) is 32.6 Å². The average molecular weight is 448 g/mol. The third kappa shape index (κ3) is 6.45. The molecule has 0 saturated heterocycles. The number of ether oxygens (including phenoxy) is 2. The van der Waals surface area contributed by atoms with Crippen molar-refractivity contribution in [1.82, 2.24) is 9.80 Å². The van der Waals surface area contributed by atoms with Crippen LogP contribution in [0, 0.1) is 5.92 Å². The number of benzene rings is 1. The molecule has 1 aliphatic heterocycles. The van der Waals surface area contributed by atoms with Gasteiger partial charge in [0.15, 0.2) is 0 Å². The van der Waals surface area contributed by atoms with Gasteiger partial charge in [-0.05, 0) is 25.5 Å². The number of carbonyl (C=O) groups excluding carboxylic acids is 3. The highest BCUT2D eigenvalue weighted by atomic mass is 16.5. The minimum atomic E-state index is -0.222. The van der Waals surface area contributed by atoms with Crippen molar-refractivity contribution in [2.45, 2.75) is 59.1 Å². The molecule has 0 aliphatic carbocycles. The maximum absolute atomic E-state index is 13.2. The van der Waals surface area contributed by atoms with Crippen molar-refractivity contribution in [3.63, 3.8) is 0 Å². The summed E-state index contributed by atoms with van der Waals surface area (Å²) in [6, 6.07) is 4.86. The van der Waals surface area contributed by atoms with E-state index in [0.29, 0.717) is 42.9 Å². The molecular weight excluding hydrogens is 410 g/mol. The van der Waals surface area contributed by atoms with Crippen molar-refractivity contribution in [1.29, 1.82) is 0 Å². The second-order valence-corrected chi connectivity index (χ2v) is 8.51. The summed E-state index contributed by atoms with van der Waals surface area (Å²) in [5.41, 5.74) is 0.979. The van der Waals surface area contributed by atoms with Gasteiger partial charge < -0.3 is 24.6 Å². The fourth-order valence-electron chi connectivity index (χ4n) is 3.85. The molecule has 0 fully saturated rings. The lowest BCUT2D eigenvalue weighted by molar-refractivity contribution is -0.135. The predicted molar refractivity (Wildman–Crippen MR) is 124 cm³/mol. The van der Waals surface area contributed by atoms with Crippen LogP contribution in [0.15, 0.2) is 18.2 Å². The zero-order valence-corrected chi connectivity index (χ0v) is 20.1. The number of methoxy groups -OCH3 is 1. The molecule has 1 N–H and O–H groups in total. The van der Waals surface area contributed by atoms with E-state index in [9.17, 15) is 14.4 Å². The first-order valence-corrected chi connectivity index (χ1v) is 11.4. The molecule has 0 unspecified atom stereocenters. The summed E-state index contributed by atoms with van der Waals surface area (Å²) in [6.07, 6.45) is 1.34. The monoisotopic (exact) mass is 447 g/mol. The summed E-state index contributed by atoms with van der Waals surface area (Å²) >= 11 is 0. The normalized spacial score (nSPS) is 22.3. The summed E-state index contributed by atoms with van der Waals surface area (Å²) < 4.78 is 11.7. The first kappa shape index (κ1) is 25.6. The van der Waals surface area contributed by atoms with Crippen molar-refractivity contribution < 1.29 is 23.9 Å². The van der Waals surface area contributed by atoms with Crippen LogP contribution in [0.1, 0.15) is 57.3 Å². The average Bonchev–Trinajstić information content (AvgIpc) is 2.77. The second-order valence-electron chi connectivity index (χ2n) is 8.51. The van der Waals surface area contributed by atoms with E-state index >= 15 is 0 Å². The van der Waals surface area contributed by atoms with Gasteiger partial charge in [-0.1, -0.05) is 20.8 Å². The third-order valence-electron chi connectivity index (χ3n) is 5.83. The lowest BCUT2D eigenvalue weighted by Crippen LogP contribution is -2.48. The molecule has 0 saturated carbocycles. The molecule has 8 heteroatoms. The third-order valence-corrected chi connectivity index (χ3v) is 5.83. The molecule has 0 aromatic heterocycles. The first-order chi connectivity index (χ1) is 15.2. The van der Waals surface area contributed by atoms with Gasteiger partial charge in [0.2, 0.25) is 11.8 Å². The first-order valence-electron chi connectivity index (χ1n) is 11.4. The van der Waals surface area contributed by atoms with Gasteiger partial charge in [0.25, 0.3) is 5.91 Å². The smallest absolute Gasteiger partial charge is 0.257 e. The molecule has 0 bridgehead atoms. The highest BCUT2D eigenvalue weighted by molar-refractivity contribution is 5.98. The molecule has 0 radical (unpaired) electrons. The second kappa shape index (κ2) is 11.9. The minimum Gasteiger partial charge on any atom is -0.491 e. The number of hydrogen-bond donors (Lipinski definition) is 1. The Morgan fingerprint density at radius 2 is 1.94 bits per heavy atom. The van der Waals surface area contributed by atoms with Crippen LogP contribution in [0.5, 0.6) is 5.75 Å². The van der Waals surface area contributed by atoms with Crippen molar-refractivity contribution in [3.8, 4) is 5.75 Å². The minimum absolute atomic E-state index is 0.0308. The van der Waals surface area contributed by atoms with Crippen LogP contribution in [0.3, 0.4) is 0 Å². The quantitative estimate of drug-likeness (QED) is 0.749. The standard InChI is InChI=1S/C24H37N3O5/c1-7-9-22(28)25-18-10-11-19-20(12-18)32-15-17(4)27(23(29)8-2)13-16(3)21(31-6)14-26(5)24(19)30/h10-12,16-17,21H,7-9,13-15H2,1-6H3,(H,25,28)/t16-,17+,21-/m1/s1. The number of nitrogens with one attached hydrogen (secondary N) is 1. The Morgan fingerprint density at radius 1 is 1.22 bits per heavy atom. The van der Waals surface area contributed by atoms with Gasteiger partial charge in [-0.25, -0.2) is 0 Å². The van der Waals surface area contributed by atoms with Crippen LogP contribution in [-0.2, 0) is 14.3 Å². The van der Waals surface area contributed by atoms with Gasteiger partial charge in [0.1, 0.15) is 12.4 Å². The lowest BCUT2D eigenvalue weighted by Gasteiger charge is -2.36. The summed E-state index contributed by atoms with van der Waals surface area (Å²) in [4.78, 5) is 41.3. The van der Waals surface area contributed by atoms with Gasteiger partial charge in [-0.2, -0.15) is 0 Å². The number of nitrogens with zero attached hydrogens (tertiary/aromatic N) is 2. The molecule has 178 valence electrons. The van der Waals surface area contributed by atoms with Crippen molar-refractivity contribution in [2.75, 3.05) is 39.2 Å². The van der Waals surface area contributed by atoms with E-state index in [1.54, 1.807) is 37.3 Å². The highest BCUT2D eigenvalue weighted by Crippen LogP contribution is 2.27. The molecule has 3 amide bonds. The summed E-state index contributed by atoms with van der Waals surface area (Å²) in [6.45, 7) is 8.87. The summed E-state index contributed by atoms with van der Waals surface area (Å²) in [5, 5.41) is 2.85. The van der Waals surface area contributed by atoms with Gasteiger partial charge in [0, 0.05) is 57.8 Å². The number of amides is 3. The molecule has 1 aromatic rings. The van der Waals surface area contributed by atoms with Crippen LogP contribution >= 0.6 is 0 Å². The Kier molecular flexibility index (Phi) is 9.50. The van der Waals surface area contributed by atoms with Crippen LogP contribution in [0.25, 0.3) is 0 Å². The van der Waals surface area contributed by atoms with Crippen molar-refractivity contribution in [3.05, 3.63) is 23.8 Å². The van der Waals surface area contributed by atoms with Gasteiger partial charge in [0.05, 0.1) is 17.7 Å². The maximum atomic E-state index is 13.2. The summed E-state index contributed by atoms with van der Waals surface area (Å²) in [7, 11) is 3.36. The van der Waals surface area contributed by atoms with Crippen LogP contribution in [-0.4, -0.2) is 73.5 Å². The summed E-state index contributed by atoms with van der Waals surface area (Å²) in [5.74, 6) is 0.187. The number of rotatable bonds is 5. The number of carbonyl (C=O) groups is 3. The topological polar surface area (TPSA) is 88.2 Å². The van der Waals surface area contributed by atoms with E-state index in [4.69, 9.17) is 9.47 Å². The molecule has 8 nitrogen and oxygen atoms in total. The molecule has 32 heavy (non-hydrogen) atoms. The Labute approximate surface area is 191 Å². The highest BCUT2D eigenvalue weighted by Gasteiger charge is 2.29. The van der Waals surface area contributed by atoms with E-state index in [2.05, 4.69) is 5.32 Å². The van der Waals surface area contributed by atoms with Gasteiger partial charge in [-0.15, -0.1) is 0 Å². The van der Waals surface area contributed by atoms with Crippen LogP contribution in [0.4, 0.5) is 5.69 Å². The molecular formula is C24H37N3O5. The zero-order chi connectivity index (χ0) is 23.8. The zero-order valence-electron chi connectivity index (χ0n) is 20.1. The van der Waals surface area contributed by atoms with Crippen molar-refractivity contribution >= 4 is 23.4 Å². The van der Waals surface area contributed by atoms with E-state index in [1.165, 1.54) is 0 Å².